The highest BCUT2D eigenvalue weighted by atomic mass is 16.5. The number of carbonyl (C=O) groups is 1. The monoisotopic (exact) mass is 301 g/mol. The van der Waals surface area contributed by atoms with Gasteiger partial charge in [-0.2, -0.15) is 0 Å². The van der Waals surface area contributed by atoms with E-state index in [2.05, 4.69) is 19.2 Å². The van der Waals surface area contributed by atoms with Crippen LogP contribution in [0.15, 0.2) is 0 Å². The van der Waals surface area contributed by atoms with Gasteiger partial charge in [-0.3, -0.25) is 4.79 Å². The van der Waals surface area contributed by atoms with Crippen molar-refractivity contribution in [1.29, 1.82) is 0 Å². The lowest BCUT2D eigenvalue weighted by Crippen LogP contribution is -2.51. The van der Waals surface area contributed by atoms with Crippen molar-refractivity contribution in [2.45, 2.75) is 78.2 Å². The van der Waals surface area contributed by atoms with Gasteiger partial charge in [-0.05, 0) is 38.1 Å². The smallest absolute Gasteiger partial charge is 0.323 e. The molecule has 0 amide bonds. The third-order valence-corrected chi connectivity index (χ3v) is 4.32. The third-order valence-electron chi connectivity index (χ3n) is 4.32. The zero-order valence-electron chi connectivity index (χ0n) is 14.4. The molecule has 0 spiro atoms. The fraction of sp³-hybridized carbons (Fsp3) is 0.941. The first kappa shape index (κ1) is 20.4. The first-order valence-corrected chi connectivity index (χ1v) is 8.62. The summed E-state index contributed by atoms with van der Waals surface area (Å²) >= 11 is 0. The molecule has 0 aromatic rings. The fourth-order valence-electron chi connectivity index (χ4n) is 2.69. The molecular weight excluding hydrogens is 266 g/mol. The van der Waals surface area contributed by atoms with Gasteiger partial charge in [-0.25, -0.2) is 0 Å². The summed E-state index contributed by atoms with van der Waals surface area (Å²) in [5.74, 6) is -0.102. The fourth-order valence-corrected chi connectivity index (χ4v) is 2.69. The van der Waals surface area contributed by atoms with Crippen LogP contribution in [0.1, 0.15) is 72.6 Å². The summed E-state index contributed by atoms with van der Waals surface area (Å²) in [5.41, 5.74) is -0.787. The second-order valence-corrected chi connectivity index (χ2v) is 5.87. The van der Waals surface area contributed by atoms with Crippen molar-refractivity contribution < 1.29 is 14.6 Å². The lowest BCUT2D eigenvalue weighted by atomic mass is 9.90. The first-order valence-electron chi connectivity index (χ1n) is 8.62. The Kier molecular flexibility index (Phi) is 11.6. The van der Waals surface area contributed by atoms with Crippen molar-refractivity contribution in [3.05, 3.63) is 0 Å². The van der Waals surface area contributed by atoms with E-state index in [9.17, 15) is 9.90 Å². The van der Waals surface area contributed by atoms with Crippen molar-refractivity contribution in [2.75, 3.05) is 19.8 Å². The van der Waals surface area contributed by atoms with E-state index in [4.69, 9.17) is 4.74 Å². The van der Waals surface area contributed by atoms with Crippen molar-refractivity contribution >= 4 is 5.97 Å². The molecule has 0 saturated heterocycles. The van der Waals surface area contributed by atoms with Crippen molar-refractivity contribution in [1.82, 2.24) is 5.32 Å². The maximum atomic E-state index is 11.5. The number of unbranched alkanes of at least 4 members (excludes halogenated alkanes) is 1. The first-order chi connectivity index (χ1) is 10.1. The lowest BCUT2D eigenvalue weighted by Gasteiger charge is -2.29. The zero-order chi connectivity index (χ0) is 16.1. The topological polar surface area (TPSA) is 58.6 Å². The van der Waals surface area contributed by atoms with E-state index in [1.54, 1.807) is 0 Å². The average molecular weight is 301 g/mol. The molecule has 0 aliphatic rings. The number of hydrogen-bond donors (Lipinski definition) is 2. The molecule has 0 bridgehead atoms. The predicted octanol–water partition coefficient (Wildman–Crippen LogP) is 3.84. The highest BCUT2D eigenvalue weighted by Gasteiger charge is 2.34. The molecule has 2 N–H and O–H groups in total. The van der Waals surface area contributed by atoms with Crippen LogP contribution in [0.2, 0.25) is 0 Å². The Balaban J connectivity index is 4.02. The van der Waals surface area contributed by atoms with Crippen molar-refractivity contribution in [3.8, 4) is 0 Å². The largest absolute Gasteiger partial charge is 0.480 e. The van der Waals surface area contributed by atoms with Crippen LogP contribution in [0.4, 0.5) is 0 Å². The van der Waals surface area contributed by atoms with Crippen molar-refractivity contribution in [3.63, 3.8) is 0 Å². The zero-order valence-corrected chi connectivity index (χ0v) is 14.4. The summed E-state index contributed by atoms with van der Waals surface area (Å²) in [4.78, 5) is 11.5. The molecule has 0 rings (SSSR count). The van der Waals surface area contributed by atoms with Crippen LogP contribution < -0.4 is 5.32 Å². The van der Waals surface area contributed by atoms with Crippen LogP contribution in [0.5, 0.6) is 0 Å². The standard InChI is InChI=1S/C17H35NO3/c1-5-9-11-15(6-2)14-21-13-10-12-17(7-3,16(19)20)18-8-4/h15,18H,5-14H2,1-4H3,(H,19,20). The molecule has 0 heterocycles. The number of carboxylic acids is 1. The number of ether oxygens (including phenoxy) is 1. The molecular formula is C17H35NO3. The maximum Gasteiger partial charge on any atom is 0.323 e. The van der Waals surface area contributed by atoms with Crippen LogP contribution in [0.3, 0.4) is 0 Å². The van der Waals surface area contributed by atoms with Crippen LogP contribution in [-0.2, 0) is 9.53 Å². The Bertz CT molecular complexity index is 271. The van der Waals surface area contributed by atoms with E-state index in [1.165, 1.54) is 19.3 Å². The van der Waals surface area contributed by atoms with E-state index in [0.29, 0.717) is 31.9 Å². The number of nitrogens with one attached hydrogen (secondary N) is 1. The molecule has 0 fully saturated rings. The molecule has 4 heteroatoms. The molecule has 21 heavy (non-hydrogen) atoms. The summed E-state index contributed by atoms with van der Waals surface area (Å²) < 4.78 is 5.76. The van der Waals surface area contributed by atoms with Crippen LogP contribution in [0, 0.1) is 5.92 Å². The minimum Gasteiger partial charge on any atom is -0.480 e. The van der Waals surface area contributed by atoms with Gasteiger partial charge in [0.1, 0.15) is 5.54 Å². The Morgan fingerprint density at radius 2 is 1.95 bits per heavy atom. The molecule has 0 aromatic heterocycles. The number of rotatable bonds is 14. The normalized spacial score (nSPS) is 15.6. The third kappa shape index (κ3) is 7.82. The summed E-state index contributed by atoms with van der Waals surface area (Å²) in [7, 11) is 0. The highest BCUT2D eigenvalue weighted by molar-refractivity contribution is 5.78. The SMILES string of the molecule is CCCCC(CC)COCCCC(CC)(NCC)C(=O)O. The number of carboxylic acid groups (broad SMARTS) is 1. The van der Waals surface area contributed by atoms with E-state index in [1.807, 2.05) is 13.8 Å². The van der Waals surface area contributed by atoms with Gasteiger partial charge in [0.2, 0.25) is 0 Å². The summed E-state index contributed by atoms with van der Waals surface area (Å²) in [5, 5.41) is 12.6. The second kappa shape index (κ2) is 12.0. The number of hydrogen-bond acceptors (Lipinski definition) is 3. The summed E-state index contributed by atoms with van der Waals surface area (Å²) in [6.45, 7) is 10.4. The van der Waals surface area contributed by atoms with Gasteiger partial charge in [0.25, 0.3) is 0 Å². The predicted molar refractivity (Wildman–Crippen MR) is 87.7 cm³/mol. The van der Waals surface area contributed by atoms with Gasteiger partial charge in [0.15, 0.2) is 0 Å². The van der Waals surface area contributed by atoms with Crippen LogP contribution >= 0.6 is 0 Å². The van der Waals surface area contributed by atoms with Gasteiger partial charge in [0.05, 0.1) is 0 Å². The van der Waals surface area contributed by atoms with Gasteiger partial charge in [0, 0.05) is 13.2 Å². The van der Waals surface area contributed by atoms with E-state index in [-0.39, 0.29) is 0 Å². The number of aliphatic carboxylic acids is 1. The van der Waals surface area contributed by atoms with E-state index in [0.717, 1.165) is 19.4 Å². The maximum absolute atomic E-state index is 11.5. The minimum absolute atomic E-state index is 0.601. The summed E-state index contributed by atoms with van der Waals surface area (Å²) in [6.07, 6.45) is 6.90. The molecule has 0 saturated carbocycles. The lowest BCUT2D eigenvalue weighted by molar-refractivity contribution is -0.145. The Morgan fingerprint density at radius 1 is 1.24 bits per heavy atom. The van der Waals surface area contributed by atoms with Gasteiger partial charge in [-0.15, -0.1) is 0 Å². The van der Waals surface area contributed by atoms with E-state index < -0.39 is 11.5 Å². The highest BCUT2D eigenvalue weighted by Crippen LogP contribution is 2.19. The molecule has 0 radical (unpaired) electrons. The van der Waals surface area contributed by atoms with Gasteiger partial charge in [-0.1, -0.05) is 47.0 Å². The molecule has 126 valence electrons. The van der Waals surface area contributed by atoms with Crippen molar-refractivity contribution in [2.24, 2.45) is 5.92 Å². The molecule has 4 nitrogen and oxygen atoms in total. The molecule has 2 unspecified atom stereocenters. The Labute approximate surface area is 130 Å². The molecule has 0 aliphatic carbocycles. The molecule has 0 aromatic carbocycles. The van der Waals surface area contributed by atoms with Crippen LogP contribution in [0.25, 0.3) is 0 Å². The second-order valence-electron chi connectivity index (χ2n) is 5.87. The Hall–Kier alpha value is -0.610. The van der Waals surface area contributed by atoms with Crippen LogP contribution in [-0.4, -0.2) is 36.4 Å². The van der Waals surface area contributed by atoms with Gasteiger partial charge >= 0.3 is 5.97 Å². The quantitative estimate of drug-likeness (QED) is 0.479. The number of likely N-dealkylation sites (N-methyl/N-ethyl adjacent to an activating group) is 1. The Morgan fingerprint density at radius 3 is 2.43 bits per heavy atom. The van der Waals surface area contributed by atoms with E-state index >= 15 is 0 Å². The average Bonchev–Trinajstić information content (AvgIpc) is 2.48. The van der Waals surface area contributed by atoms with Gasteiger partial charge < -0.3 is 15.2 Å². The minimum atomic E-state index is -0.787. The molecule has 0 aliphatic heterocycles. The summed E-state index contributed by atoms with van der Waals surface area (Å²) in [6, 6.07) is 0. The molecule has 2 atom stereocenters.